The first-order chi connectivity index (χ1) is 8.00. The van der Waals surface area contributed by atoms with Gasteiger partial charge in [0, 0.05) is 6.92 Å². The van der Waals surface area contributed by atoms with Crippen molar-refractivity contribution < 1.29 is 14.3 Å². The van der Waals surface area contributed by atoms with Crippen LogP contribution in [0.25, 0.3) is 0 Å². The predicted molar refractivity (Wildman–Crippen MR) is 65.6 cm³/mol. The van der Waals surface area contributed by atoms with Gasteiger partial charge in [0.2, 0.25) is 5.91 Å². The molecule has 0 saturated carbocycles. The quantitative estimate of drug-likeness (QED) is 0.677. The maximum Gasteiger partial charge on any atom is 0.530 e. The van der Waals surface area contributed by atoms with Gasteiger partial charge in [0.05, 0.1) is 6.04 Å². The summed E-state index contributed by atoms with van der Waals surface area (Å²) in [7, 11) is -2.42. The molecular formula is C11H16N2O3P+. The summed E-state index contributed by atoms with van der Waals surface area (Å²) in [5, 5.41) is 2.40. The van der Waals surface area contributed by atoms with Gasteiger partial charge >= 0.3 is 8.03 Å². The summed E-state index contributed by atoms with van der Waals surface area (Å²) in [6.45, 7) is 1.46. The van der Waals surface area contributed by atoms with E-state index in [9.17, 15) is 9.36 Å². The number of nitrogens with two attached hydrogens (primary N) is 1. The van der Waals surface area contributed by atoms with Crippen LogP contribution < -0.4 is 11.1 Å². The van der Waals surface area contributed by atoms with Crippen molar-refractivity contribution >= 4 is 13.9 Å². The van der Waals surface area contributed by atoms with E-state index in [0.717, 1.165) is 5.56 Å². The number of rotatable bonds is 5. The lowest BCUT2D eigenvalue weighted by atomic mass is 10.1. The number of hydrogen-bond acceptors (Lipinski definition) is 3. The fourth-order valence-corrected chi connectivity index (χ4v) is 1.57. The van der Waals surface area contributed by atoms with E-state index in [1.54, 1.807) is 0 Å². The molecule has 4 N–H and O–H groups in total. The number of nitrogens with one attached hydrogen (secondary N) is 1. The van der Waals surface area contributed by atoms with Crippen LogP contribution in [0.2, 0.25) is 0 Å². The minimum Gasteiger partial charge on any atom is -0.320 e. The van der Waals surface area contributed by atoms with E-state index < -0.39 is 25.8 Å². The Morgan fingerprint density at radius 1 is 1.47 bits per heavy atom. The highest BCUT2D eigenvalue weighted by Crippen LogP contribution is 2.18. The predicted octanol–water partition coefficient (Wildman–Crippen LogP) is 0.753. The number of hydrogen-bond donors (Lipinski definition) is 3. The molecule has 0 saturated heterocycles. The van der Waals surface area contributed by atoms with Gasteiger partial charge in [-0.25, -0.2) is 0 Å². The molecule has 1 aromatic carbocycles. The molecule has 0 aliphatic heterocycles. The summed E-state index contributed by atoms with van der Waals surface area (Å²) < 4.78 is 10.7. The summed E-state index contributed by atoms with van der Waals surface area (Å²) in [5.74, 6) is -1.20. The lowest BCUT2D eigenvalue weighted by molar-refractivity contribution is -0.122. The van der Waals surface area contributed by atoms with Crippen LogP contribution in [0.3, 0.4) is 0 Å². The summed E-state index contributed by atoms with van der Waals surface area (Å²) in [5.41, 5.74) is 6.66. The van der Waals surface area contributed by atoms with Gasteiger partial charge < -0.3 is 11.1 Å². The molecule has 5 nitrogen and oxygen atoms in total. The van der Waals surface area contributed by atoms with E-state index >= 15 is 0 Å². The zero-order valence-electron chi connectivity index (χ0n) is 9.54. The van der Waals surface area contributed by atoms with Crippen molar-refractivity contribution in [2.24, 2.45) is 5.73 Å². The Labute approximate surface area is 101 Å². The number of carbonyl (C=O) groups is 1. The second-order valence-electron chi connectivity index (χ2n) is 3.78. The molecule has 1 amide bonds. The molecular weight excluding hydrogens is 239 g/mol. The highest BCUT2D eigenvalue weighted by molar-refractivity contribution is 7.38. The molecule has 0 aliphatic rings. The van der Waals surface area contributed by atoms with Gasteiger partial charge in [-0.3, -0.25) is 4.79 Å². The maximum absolute atomic E-state index is 11.6. The minimum atomic E-state index is -2.42. The normalized spacial score (nSPS) is 14.9. The van der Waals surface area contributed by atoms with Crippen LogP contribution in [0.5, 0.6) is 0 Å². The van der Waals surface area contributed by atoms with Gasteiger partial charge in [-0.05, 0) is 16.5 Å². The van der Waals surface area contributed by atoms with Crippen LogP contribution in [0.15, 0.2) is 30.3 Å². The maximum atomic E-state index is 11.6. The summed E-state index contributed by atoms with van der Waals surface area (Å²) in [6, 6.07) is 8.66. The Bertz CT molecular complexity index is 397. The van der Waals surface area contributed by atoms with Gasteiger partial charge in [0.15, 0.2) is 0 Å². The first-order valence-corrected chi connectivity index (χ1v) is 6.54. The van der Waals surface area contributed by atoms with Crippen molar-refractivity contribution in [2.45, 2.75) is 25.2 Å². The van der Waals surface area contributed by atoms with Gasteiger partial charge in [0.25, 0.3) is 5.78 Å². The molecule has 0 spiro atoms. The fraction of sp³-hybridized carbons (Fsp3) is 0.364. The lowest BCUT2D eigenvalue weighted by Gasteiger charge is -2.11. The van der Waals surface area contributed by atoms with Crippen molar-refractivity contribution in [1.82, 2.24) is 5.32 Å². The molecule has 3 atom stereocenters. The van der Waals surface area contributed by atoms with E-state index in [2.05, 4.69) is 5.32 Å². The average Bonchev–Trinajstić information content (AvgIpc) is 2.29. The standard InChI is InChI=1S/C11H15N2O3P/c1-8(17(15)16)13-11(14)10(12)7-9-5-3-2-4-6-9/h2-6,8,10H,7,12H2,1H3,(H-,13,14,15,16)/p+1/t8-,10+/m1/s1. The number of amides is 1. The molecule has 1 unspecified atom stereocenters. The largest absolute Gasteiger partial charge is 0.530 e. The summed E-state index contributed by atoms with van der Waals surface area (Å²) >= 11 is 0. The summed E-state index contributed by atoms with van der Waals surface area (Å²) in [4.78, 5) is 20.4. The second-order valence-corrected chi connectivity index (χ2v) is 5.16. The van der Waals surface area contributed by atoms with Gasteiger partial charge in [-0.1, -0.05) is 30.3 Å². The van der Waals surface area contributed by atoms with E-state index in [1.807, 2.05) is 30.3 Å². The highest BCUT2D eigenvalue weighted by atomic mass is 31.1. The van der Waals surface area contributed by atoms with Gasteiger partial charge in [-0.15, -0.1) is 0 Å². The zero-order valence-corrected chi connectivity index (χ0v) is 10.4. The van der Waals surface area contributed by atoms with E-state index in [1.165, 1.54) is 6.92 Å². The lowest BCUT2D eigenvalue weighted by Crippen LogP contribution is -2.44. The summed E-state index contributed by atoms with van der Waals surface area (Å²) in [6.07, 6.45) is 0.404. The van der Waals surface area contributed by atoms with Crippen molar-refractivity contribution in [3.63, 3.8) is 0 Å². The SMILES string of the molecule is C[C@H](NC(=O)[C@@H](N)Cc1ccccc1)[P+](=O)O. The Hall–Kier alpha value is -1.29. The molecule has 1 aromatic rings. The molecule has 0 heterocycles. The first-order valence-electron chi connectivity index (χ1n) is 5.26. The molecule has 92 valence electrons. The Kier molecular flexibility index (Phi) is 5.22. The van der Waals surface area contributed by atoms with Gasteiger partial charge in [-0.2, -0.15) is 4.89 Å². The Morgan fingerprint density at radius 2 is 2.06 bits per heavy atom. The third-order valence-electron chi connectivity index (χ3n) is 2.32. The topological polar surface area (TPSA) is 92.4 Å². The monoisotopic (exact) mass is 255 g/mol. The van der Waals surface area contributed by atoms with Crippen LogP contribution in [0.1, 0.15) is 12.5 Å². The third kappa shape index (κ3) is 4.61. The molecule has 0 aliphatic carbocycles. The zero-order chi connectivity index (χ0) is 12.8. The number of carbonyl (C=O) groups excluding carboxylic acids is 1. The van der Waals surface area contributed by atoms with Crippen molar-refractivity contribution in [3.8, 4) is 0 Å². The third-order valence-corrected chi connectivity index (χ3v) is 3.11. The fourth-order valence-electron chi connectivity index (χ4n) is 1.33. The van der Waals surface area contributed by atoms with Crippen LogP contribution in [-0.4, -0.2) is 22.6 Å². The molecule has 17 heavy (non-hydrogen) atoms. The van der Waals surface area contributed by atoms with Crippen LogP contribution in [0.4, 0.5) is 0 Å². The molecule has 0 radical (unpaired) electrons. The number of benzene rings is 1. The van der Waals surface area contributed by atoms with E-state index in [-0.39, 0.29) is 0 Å². The smallest absolute Gasteiger partial charge is 0.320 e. The molecule has 0 fully saturated rings. The van der Waals surface area contributed by atoms with Crippen LogP contribution >= 0.6 is 8.03 Å². The van der Waals surface area contributed by atoms with Gasteiger partial charge in [0.1, 0.15) is 0 Å². The Morgan fingerprint density at radius 3 is 2.59 bits per heavy atom. The Balaban J connectivity index is 2.50. The molecule has 0 bridgehead atoms. The van der Waals surface area contributed by atoms with Crippen LogP contribution in [-0.2, 0) is 15.8 Å². The van der Waals surface area contributed by atoms with Crippen LogP contribution in [0, 0.1) is 0 Å². The van der Waals surface area contributed by atoms with Crippen molar-refractivity contribution in [3.05, 3.63) is 35.9 Å². The van der Waals surface area contributed by atoms with E-state index in [4.69, 9.17) is 10.6 Å². The van der Waals surface area contributed by atoms with Crippen molar-refractivity contribution in [1.29, 1.82) is 0 Å². The average molecular weight is 255 g/mol. The molecule has 0 aromatic heterocycles. The molecule has 1 rings (SSSR count). The highest BCUT2D eigenvalue weighted by Gasteiger charge is 2.27. The van der Waals surface area contributed by atoms with E-state index in [0.29, 0.717) is 6.42 Å². The van der Waals surface area contributed by atoms with Crippen molar-refractivity contribution in [2.75, 3.05) is 0 Å². The second kappa shape index (κ2) is 6.45. The minimum absolute atomic E-state index is 0.404. The molecule has 6 heteroatoms. The first kappa shape index (κ1) is 13.8.